The third kappa shape index (κ3) is 3.31. The number of aliphatic hydroxyl groups excluding tert-OH is 1. The van der Waals surface area contributed by atoms with Gasteiger partial charge in [-0.25, -0.2) is 0 Å². The Labute approximate surface area is 134 Å². The number of carbonyl (C=O) groups is 1. The second kappa shape index (κ2) is 6.94. The molecule has 3 rings (SSSR count). The summed E-state index contributed by atoms with van der Waals surface area (Å²) in [5.41, 5.74) is 2.96. The van der Waals surface area contributed by atoms with Gasteiger partial charge in [-0.2, -0.15) is 0 Å². The molecule has 2 aromatic rings. The van der Waals surface area contributed by atoms with Crippen LogP contribution in [0.3, 0.4) is 0 Å². The molecule has 3 N–H and O–H groups in total. The summed E-state index contributed by atoms with van der Waals surface area (Å²) in [6.07, 6.45) is 3.49. The third-order valence-corrected chi connectivity index (χ3v) is 4.91. The van der Waals surface area contributed by atoms with Gasteiger partial charge in [0.05, 0.1) is 12.6 Å². The fraction of sp³-hybridized carbons (Fsp3) is 0.353. The van der Waals surface area contributed by atoms with Crippen LogP contribution in [0.25, 0.3) is 0 Å². The summed E-state index contributed by atoms with van der Waals surface area (Å²) < 4.78 is 0. The number of fused-ring (bicyclic) bond motifs is 1. The molecular formula is C17H20N2O2S. The first-order chi connectivity index (χ1) is 10.8. The number of hydrogen-bond donors (Lipinski definition) is 3. The van der Waals surface area contributed by atoms with E-state index in [1.807, 2.05) is 29.5 Å². The number of aryl methyl sites for hydroxylation is 1. The minimum atomic E-state index is -0.155. The largest absolute Gasteiger partial charge is 0.395 e. The second-order valence-corrected chi connectivity index (χ2v) is 6.45. The number of hydrogen-bond acceptors (Lipinski definition) is 4. The van der Waals surface area contributed by atoms with Crippen molar-refractivity contribution >= 4 is 22.9 Å². The van der Waals surface area contributed by atoms with Crippen LogP contribution in [-0.2, 0) is 6.42 Å². The molecule has 22 heavy (non-hydrogen) atoms. The van der Waals surface area contributed by atoms with Crippen molar-refractivity contribution in [3.05, 3.63) is 51.7 Å². The van der Waals surface area contributed by atoms with E-state index in [2.05, 4.69) is 22.1 Å². The Morgan fingerprint density at radius 1 is 1.36 bits per heavy atom. The van der Waals surface area contributed by atoms with Gasteiger partial charge in [-0.3, -0.25) is 4.79 Å². The minimum absolute atomic E-state index is 0.0489. The maximum atomic E-state index is 12.0. The molecule has 1 amide bonds. The maximum absolute atomic E-state index is 12.0. The summed E-state index contributed by atoms with van der Waals surface area (Å²) in [4.78, 5) is 13.4. The number of nitrogens with one attached hydrogen (secondary N) is 2. The highest BCUT2D eigenvalue weighted by Crippen LogP contribution is 2.35. The maximum Gasteiger partial charge on any atom is 0.251 e. The van der Waals surface area contributed by atoms with E-state index in [0.717, 1.165) is 12.1 Å². The molecule has 116 valence electrons. The summed E-state index contributed by atoms with van der Waals surface area (Å²) in [6.45, 7) is 0.226. The highest BCUT2D eigenvalue weighted by Gasteiger charge is 2.21. The van der Waals surface area contributed by atoms with Gasteiger partial charge in [-0.15, -0.1) is 11.3 Å². The molecule has 1 unspecified atom stereocenters. The predicted molar refractivity (Wildman–Crippen MR) is 89.5 cm³/mol. The zero-order valence-corrected chi connectivity index (χ0v) is 13.2. The molecule has 0 saturated carbocycles. The number of amides is 1. The number of anilines is 1. The molecule has 0 aliphatic heterocycles. The molecular weight excluding hydrogens is 296 g/mol. The lowest BCUT2D eigenvalue weighted by Crippen LogP contribution is -2.26. The zero-order valence-electron chi connectivity index (χ0n) is 12.3. The lowest BCUT2D eigenvalue weighted by molar-refractivity contribution is 0.0945. The van der Waals surface area contributed by atoms with E-state index < -0.39 is 0 Å². The fourth-order valence-electron chi connectivity index (χ4n) is 2.86. The molecule has 1 heterocycles. The highest BCUT2D eigenvalue weighted by molar-refractivity contribution is 7.10. The van der Waals surface area contributed by atoms with Crippen molar-refractivity contribution in [3.63, 3.8) is 0 Å². The summed E-state index contributed by atoms with van der Waals surface area (Å²) in [5, 5.41) is 17.2. The average Bonchev–Trinajstić information content (AvgIpc) is 3.02. The van der Waals surface area contributed by atoms with Crippen LogP contribution < -0.4 is 10.6 Å². The summed E-state index contributed by atoms with van der Waals surface area (Å²) in [7, 11) is 0. The number of benzene rings is 1. The molecule has 1 atom stereocenters. The number of carbonyl (C=O) groups excluding carboxylic acids is 1. The van der Waals surface area contributed by atoms with Crippen molar-refractivity contribution in [2.45, 2.75) is 25.3 Å². The standard InChI is InChI=1S/C17H20N2O2S/c20-9-8-18-17(21)12-3-1-4-13(11-12)19-15-5-2-6-16-14(15)7-10-22-16/h1,3-4,7,10-11,15,19-20H,2,5-6,8-9H2,(H,18,21). The molecule has 1 aliphatic carbocycles. The van der Waals surface area contributed by atoms with Crippen LogP contribution >= 0.6 is 11.3 Å². The van der Waals surface area contributed by atoms with Crippen molar-refractivity contribution in [2.75, 3.05) is 18.5 Å². The third-order valence-electron chi connectivity index (χ3n) is 3.91. The molecule has 1 aliphatic rings. The minimum Gasteiger partial charge on any atom is -0.395 e. The van der Waals surface area contributed by atoms with Crippen LogP contribution in [-0.4, -0.2) is 24.2 Å². The van der Waals surface area contributed by atoms with Crippen LogP contribution in [0.2, 0.25) is 0 Å². The van der Waals surface area contributed by atoms with E-state index in [1.165, 1.54) is 23.3 Å². The number of rotatable bonds is 5. The van der Waals surface area contributed by atoms with E-state index in [-0.39, 0.29) is 19.1 Å². The highest BCUT2D eigenvalue weighted by atomic mass is 32.1. The predicted octanol–water partition coefficient (Wildman–Crippen LogP) is 2.96. The molecule has 0 bridgehead atoms. The molecule has 0 fully saturated rings. The van der Waals surface area contributed by atoms with Crippen LogP contribution in [0.4, 0.5) is 5.69 Å². The summed E-state index contributed by atoms with van der Waals surface area (Å²) in [6, 6.07) is 10.1. The lowest BCUT2D eigenvalue weighted by Gasteiger charge is -2.25. The Bertz CT molecular complexity index is 654. The number of thiophene rings is 1. The SMILES string of the molecule is O=C(NCCO)c1cccc(NC2CCCc3sccc32)c1. The lowest BCUT2D eigenvalue weighted by atomic mass is 9.94. The molecule has 0 radical (unpaired) electrons. The van der Waals surface area contributed by atoms with E-state index in [0.29, 0.717) is 11.6 Å². The van der Waals surface area contributed by atoms with Crippen LogP contribution in [0.5, 0.6) is 0 Å². The van der Waals surface area contributed by atoms with Gasteiger partial charge in [0.25, 0.3) is 5.91 Å². The van der Waals surface area contributed by atoms with Gasteiger partial charge in [-0.05, 0) is 54.5 Å². The smallest absolute Gasteiger partial charge is 0.251 e. The first-order valence-electron chi connectivity index (χ1n) is 7.60. The van der Waals surface area contributed by atoms with Gasteiger partial charge in [-0.1, -0.05) is 6.07 Å². The van der Waals surface area contributed by atoms with Gasteiger partial charge in [0.15, 0.2) is 0 Å². The Hall–Kier alpha value is -1.85. The second-order valence-electron chi connectivity index (χ2n) is 5.45. The van der Waals surface area contributed by atoms with Crippen LogP contribution in [0.15, 0.2) is 35.7 Å². The molecule has 1 aromatic heterocycles. The Morgan fingerprint density at radius 2 is 2.27 bits per heavy atom. The van der Waals surface area contributed by atoms with Crippen molar-refractivity contribution in [1.29, 1.82) is 0 Å². The van der Waals surface area contributed by atoms with Crippen molar-refractivity contribution in [2.24, 2.45) is 0 Å². The van der Waals surface area contributed by atoms with Crippen molar-refractivity contribution in [3.8, 4) is 0 Å². The van der Waals surface area contributed by atoms with Gasteiger partial charge in [0.1, 0.15) is 0 Å². The van der Waals surface area contributed by atoms with E-state index in [1.54, 1.807) is 6.07 Å². The fourth-order valence-corrected chi connectivity index (χ4v) is 3.85. The molecule has 0 spiro atoms. The summed E-state index contributed by atoms with van der Waals surface area (Å²) >= 11 is 1.83. The topological polar surface area (TPSA) is 61.4 Å². The van der Waals surface area contributed by atoms with E-state index in [9.17, 15) is 4.79 Å². The van der Waals surface area contributed by atoms with Crippen molar-refractivity contribution < 1.29 is 9.90 Å². The average molecular weight is 316 g/mol. The molecule has 1 aromatic carbocycles. The van der Waals surface area contributed by atoms with Gasteiger partial charge < -0.3 is 15.7 Å². The molecule has 5 heteroatoms. The first-order valence-corrected chi connectivity index (χ1v) is 8.48. The normalized spacial score (nSPS) is 16.9. The van der Waals surface area contributed by atoms with Gasteiger partial charge in [0.2, 0.25) is 0 Å². The first kappa shape index (κ1) is 15.1. The zero-order chi connectivity index (χ0) is 15.4. The Kier molecular flexibility index (Phi) is 4.75. The Morgan fingerprint density at radius 3 is 3.14 bits per heavy atom. The van der Waals surface area contributed by atoms with Gasteiger partial charge >= 0.3 is 0 Å². The Balaban J connectivity index is 1.73. The number of aliphatic hydroxyl groups is 1. The van der Waals surface area contributed by atoms with E-state index >= 15 is 0 Å². The van der Waals surface area contributed by atoms with Crippen LogP contribution in [0, 0.1) is 0 Å². The monoisotopic (exact) mass is 316 g/mol. The summed E-state index contributed by atoms with van der Waals surface area (Å²) in [5.74, 6) is -0.155. The van der Waals surface area contributed by atoms with Crippen LogP contribution in [0.1, 0.15) is 39.7 Å². The quantitative estimate of drug-likeness (QED) is 0.795. The van der Waals surface area contributed by atoms with Gasteiger partial charge in [0, 0.05) is 22.7 Å². The molecule has 4 nitrogen and oxygen atoms in total. The van der Waals surface area contributed by atoms with E-state index in [4.69, 9.17) is 5.11 Å². The molecule has 0 saturated heterocycles. The van der Waals surface area contributed by atoms with Crippen molar-refractivity contribution in [1.82, 2.24) is 5.32 Å².